The van der Waals surface area contributed by atoms with Gasteiger partial charge in [-0.1, -0.05) is 6.07 Å². The Hall–Kier alpha value is -1.42. The van der Waals surface area contributed by atoms with Crippen LogP contribution in [0.5, 0.6) is 11.5 Å². The molecule has 4 atom stereocenters. The Morgan fingerprint density at radius 1 is 0.955 bits per heavy atom. The molecule has 0 bridgehead atoms. The van der Waals surface area contributed by atoms with Crippen molar-refractivity contribution >= 4 is 0 Å². The summed E-state index contributed by atoms with van der Waals surface area (Å²) in [6.07, 6.45) is -6.15. The number of aliphatic hydroxyl groups excluding tert-OH is 5. The second-order valence-corrected chi connectivity index (χ2v) is 5.32. The van der Waals surface area contributed by atoms with Crippen LogP contribution in [0.25, 0.3) is 0 Å². The molecule has 1 rings (SSSR count). The average molecular weight is 317 g/mol. The smallest absolute Gasteiger partial charge is 0.157 e. The van der Waals surface area contributed by atoms with Gasteiger partial charge in [-0.3, -0.25) is 4.90 Å². The summed E-state index contributed by atoms with van der Waals surface area (Å²) in [6.45, 7) is -0.429. The summed E-state index contributed by atoms with van der Waals surface area (Å²) in [7, 11) is 1.65. The van der Waals surface area contributed by atoms with Gasteiger partial charge >= 0.3 is 0 Å². The lowest BCUT2D eigenvalue weighted by Gasteiger charge is -2.28. The third kappa shape index (κ3) is 5.09. The minimum atomic E-state index is -1.66. The predicted octanol–water partition coefficient (Wildman–Crippen LogP) is -2.03. The summed E-state index contributed by atoms with van der Waals surface area (Å²) in [6, 6.07) is 4.31. The first-order valence-electron chi connectivity index (χ1n) is 6.78. The molecular weight excluding hydrogens is 294 g/mol. The zero-order valence-electron chi connectivity index (χ0n) is 12.2. The van der Waals surface area contributed by atoms with Gasteiger partial charge in [-0.15, -0.1) is 0 Å². The number of phenolic OH excluding ortho intramolecular Hbond substituents is 2. The van der Waals surface area contributed by atoms with Crippen molar-refractivity contribution in [3.8, 4) is 11.5 Å². The van der Waals surface area contributed by atoms with Gasteiger partial charge in [0.15, 0.2) is 11.5 Å². The van der Waals surface area contributed by atoms with Crippen molar-refractivity contribution in [3.05, 3.63) is 23.8 Å². The molecule has 0 spiro atoms. The van der Waals surface area contributed by atoms with E-state index in [1.54, 1.807) is 18.0 Å². The first kappa shape index (κ1) is 18.6. The van der Waals surface area contributed by atoms with E-state index in [0.717, 1.165) is 0 Å². The Morgan fingerprint density at radius 2 is 1.55 bits per heavy atom. The molecule has 126 valence electrons. The highest BCUT2D eigenvalue weighted by atomic mass is 16.4. The molecule has 0 aromatic heterocycles. The third-order valence-electron chi connectivity index (χ3n) is 3.32. The fraction of sp³-hybridized carbons (Fsp3) is 0.571. The van der Waals surface area contributed by atoms with Gasteiger partial charge in [0, 0.05) is 13.1 Å². The standard InChI is InChI=1S/C14H23NO7/c1-15(5-8-2-3-9(17)10(18)4-8)6-11(19)13(21)14(22)12(20)7-16/h2-4,11-14,16-22H,5-7H2,1H3/t11-,12+,13+,14+/m0/s1. The van der Waals surface area contributed by atoms with E-state index < -0.39 is 31.0 Å². The Bertz CT molecular complexity index is 471. The first-order valence-corrected chi connectivity index (χ1v) is 6.78. The van der Waals surface area contributed by atoms with E-state index in [4.69, 9.17) is 5.11 Å². The van der Waals surface area contributed by atoms with Crippen LogP contribution >= 0.6 is 0 Å². The SMILES string of the molecule is CN(Cc1ccc(O)c(O)c1)C[C@H](O)[C@@H](O)[C@H](O)[C@H](O)CO. The van der Waals surface area contributed by atoms with Crippen LogP contribution < -0.4 is 0 Å². The predicted molar refractivity (Wildman–Crippen MR) is 77.2 cm³/mol. The van der Waals surface area contributed by atoms with E-state index in [-0.39, 0.29) is 18.0 Å². The number of hydrogen-bond donors (Lipinski definition) is 7. The monoisotopic (exact) mass is 317 g/mol. The molecule has 0 radical (unpaired) electrons. The summed E-state index contributed by atoms with van der Waals surface area (Å²) in [5.74, 6) is -0.490. The zero-order valence-corrected chi connectivity index (χ0v) is 12.2. The van der Waals surface area contributed by atoms with Crippen molar-refractivity contribution < 1.29 is 35.7 Å². The number of hydrogen-bond acceptors (Lipinski definition) is 8. The summed E-state index contributed by atoms with van der Waals surface area (Å²) in [4.78, 5) is 1.62. The molecule has 0 aliphatic rings. The lowest BCUT2D eigenvalue weighted by Crippen LogP contribution is -2.49. The van der Waals surface area contributed by atoms with Crippen molar-refractivity contribution in [3.63, 3.8) is 0 Å². The van der Waals surface area contributed by atoms with Gasteiger partial charge in [0.1, 0.15) is 18.3 Å². The fourth-order valence-electron chi connectivity index (χ4n) is 2.03. The van der Waals surface area contributed by atoms with Crippen molar-refractivity contribution in [1.29, 1.82) is 0 Å². The molecule has 1 aromatic rings. The first-order chi connectivity index (χ1) is 10.3. The molecular formula is C14H23NO7. The van der Waals surface area contributed by atoms with Crippen LogP contribution in [-0.4, -0.2) is 85.3 Å². The minimum absolute atomic E-state index is 0.0159. The van der Waals surface area contributed by atoms with Crippen molar-refractivity contribution in [2.45, 2.75) is 31.0 Å². The number of nitrogens with zero attached hydrogens (tertiary/aromatic N) is 1. The fourth-order valence-corrected chi connectivity index (χ4v) is 2.03. The van der Waals surface area contributed by atoms with E-state index in [2.05, 4.69) is 0 Å². The highest BCUT2D eigenvalue weighted by Gasteiger charge is 2.30. The van der Waals surface area contributed by atoms with Crippen LogP contribution in [0.15, 0.2) is 18.2 Å². The molecule has 0 saturated carbocycles. The largest absolute Gasteiger partial charge is 0.504 e. The second kappa shape index (κ2) is 8.28. The van der Waals surface area contributed by atoms with Gasteiger partial charge in [0.05, 0.1) is 12.7 Å². The molecule has 0 unspecified atom stereocenters. The summed E-state index contributed by atoms with van der Waals surface area (Å²) in [5.41, 5.74) is 0.676. The molecule has 0 aliphatic carbocycles. The van der Waals surface area contributed by atoms with E-state index in [1.807, 2.05) is 0 Å². The van der Waals surface area contributed by atoms with Gasteiger partial charge in [-0.2, -0.15) is 0 Å². The van der Waals surface area contributed by atoms with E-state index in [9.17, 15) is 30.6 Å². The third-order valence-corrected chi connectivity index (χ3v) is 3.32. The molecule has 22 heavy (non-hydrogen) atoms. The minimum Gasteiger partial charge on any atom is -0.504 e. The van der Waals surface area contributed by atoms with Crippen molar-refractivity contribution in [1.82, 2.24) is 4.90 Å². The summed E-state index contributed by atoms with van der Waals surface area (Å²) in [5, 5.41) is 65.6. The average Bonchev–Trinajstić information content (AvgIpc) is 2.48. The van der Waals surface area contributed by atoms with Crippen LogP contribution in [0.2, 0.25) is 0 Å². The lowest BCUT2D eigenvalue weighted by atomic mass is 10.0. The number of aromatic hydroxyl groups is 2. The van der Waals surface area contributed by atoms with Crippen molar-refractivity contribution in [2.24, 2.45) is 0 Å². The Balaban J connectivity index is 2.56. The van der Waals surface area contributed by atoms with Crippen LogP contribution in [0.3, 0.4) is 0 Å². The molecule has 7 N–H and O–H groups in total. The molecule has 8 nitrogen and oxygen atoms in total. The molecule has 0 aliphatic heterocycles. The molecule has 1 aromatic carbocycles. The van der Waals surface area contributed by atoms with Gasteiger partial charge in [0.2, 0.25) is 0 Å². The number of benzene rings is 1. The number of rotatable bonds is 8. The van der Waals surface area contributed by atoms with Gasteiger partial charge in [-0.25, -0.2) is 0 Å². The topological polar surface area (TPSA) is 145 Å². The quantitative estimate of drug-likeness (QED) is 0.272. The van der Waals surface area contributed by atoms with Crippen LogP contribution in [0, 0.1) is 0 Å². The van der Waals surface area contributed by atoms with E-state index in [1.165, 1.54) is 12.1 Å². The van der Waals surface area contributed by atoms with Crippen LogP contribution in [0.1, 0.15) is 5.56 Å². The van der Waals surface area contributed by atoms with Gasteiger partial charge < -0.3 is 35.7 Å². The Morgan fingerprint density at radius 3 is 2.09 bits per heavy atom. The lowest BCUT2D eigenvalue weighted by molar-refractivity contribution is -0.118. The molecule has 0 amide bonds. The number of likely N-dealkylation sites (N-methyl/N-ethyl adjacent to an activating group) is 1. The Kier molecular flexibility index (Phi) is 7.01. The molecule has 8 heteroatoms. The number of phenols is 2. The maximum absolute atomic E-state index is 9.85. The van der Waals surface area contributed by atoms with E-state index in [0.29, 0.717) is 12.1 Å². The van der Waals surface area contributed by atoms with Crippen LogP contribution in [0.4, 0.5) is 0 Å². The zero-order chi connectivity index (χ0) is 16.9. The highest BCUT2D eigenvalue weighted by Crippen LogP contribution is 2.25. The summed E-state index contributed by atoms with van der Waals surface area (Å²) >= 11 is 0. The molecule has 0 saturated heterocycles. The van der Waals surface area contributed by atoms with Gasteiger partial charge in [-0.05, 0) is 24.7 Å². The maximum atomic E-state index is 9.85. The van der Waals surface area contributed by atoms with E-state index >= 15 is 0 Å². The molecule has 0 fully saturated rings. The van der Waals surface area contributed by atoms with Crippen molar-refractivity contribution in [2.75, 3.05) is 20.2 Å². The van der Waals surface area contributed by atoms with Gasteiger partial charge in [0.25, 0.3) is 0 Å². The maximum Gasteiger partial charge on any atom is 0.157 e. The normalized spacial score (nSPS) is 17.2. The second-order valence-electron chi connectivity index (χ2n) is 5.32. The molecule has 0 heterocycles. The number of aliphatic hydroxyl groups is 5. The van der Waals surface area contributed by atoms with Crippen LogP contribution in [-0.2, 0) is 6.54 Å². The highest BCUT2D eigenvalue weighted by molar-refractivity contribution is 5.40. The summed E-state index contributed by atoms with van der Waals surface area (Å²) < 4.78 is 0. The Labute approximate surface area is 128 Å².